The van der Waals surface area contributed by atoms with Gasteiger partial charge >= 0.3 is 6.09 Å². The number of aromatic amines is 1. The molecule has 1 saturated heterocycles. The predicted molar refractivity (Wildman–Crippen MR) is 77.7 cm³/mol. The summed E-state index contributed by atoms with van der Waals surface area (Å²) in [6, 6.07) is 0.375. The lowest BCUT2D eigenvalue weighted by atomic mass is 10.1. The summed E-state index contributed by atoms with van der Waals surface area (Å²) in [5.74, 6) is 0. The number of hydrogen-bond donors (Lipinski definition) is 2. The van der Waals surface area contributed by atoms with Gasteiger partial charge < -0.3 is 15.0 Å². The third kappa shape index (κ3) is 4.43. The number of amides is 1. The average molecular weight is 280 g/mol. The lowest BCUT2D eigenvalue weighted by Gasteiger charge is -2.26. The van der Waals surface area contributed by atoms with Crippen molar-refractivity contribution in [2.75, 3.05) is 18.4 Å². The molecular formula is C14H24N4O2. The van der Waals surface area contributed by atoms with E-state index in [4.69, 9.17) is 4.74 Å². The van der Waals surface area contributed by atoms with Crippen LogP contribution >= 0.6 is 0 Å². The number of carbonyl (C=O) groups is 1. The first kappa shape index (κ1) is 14.7. The molecule has 0 spiro atoms. The quantitative estimate of drug-likeness (QED) is 0.873. The number of anilines is 1. The van der Waals surface area contributed by atoms with Crippen LogP contribution in [0.2, 0.25) is 0 Å². The van der Waals surface area contributed by atoms with Gasteiger partial charge in [0, 0.05) is 25.3 Å². The van der Waals surface area contributed by atoms with Crippen molar-refractivity contribution in [2.45, 2.75) is 51.7 Å². The normalized spacial score (nSPS) is 20.4. The van der Waals surface area contributed by atoms with E-state index in [9.17, 15) is 4.79 Å². The summed E-state index contributed by atoms with van der Waals surface area (Å²) in [6.07, 6.45) is 6.36. The molecule has 0 saturated carbocycles. The van der Waals surface area contributed by atoms with E-state index < -0.39 is 5.60 Å². The van der Waals surface area contributed by atoms with Gasteiger partial charge in [-0.1, -0.05) is 0 Å². The van der Waals surface area contributed by atoms with Crippen LogP contribution in [0.25, 0.3) is 0 Å². The predicted octanol–water partition coefficient (Wildman–Crippen LogP) is 2.61. The number of carbonyl (C=O) groups excluding carboxylic acids is 1. The third-order valence-electron chi connectivity index (χ3n) is 3.25. The van der Waals surface area contributed by atoms with Crippen molar-refractivity contribution in [2.24, 2.45) is 0 Å². The van der Waals surface area contributed by atoms with Crippen molar-refractivity contribution in [3.63, 3.8) is 0 Å². The van der Waals surface area contributed by atoms with Crippen LogP contribution in [0.5, 0.6) is 0 Å². The molecule has 1 fully saturated rings. The van der Waals surface area contributed by atoms with Gasteiger partial charge in [0.2, 0.25) is 0 Å². The van der Waals surface area contributed by atoms with Crippen LogP contribution in [0.3, 0.4) is 0 Å². The minimum Gasteiger partial charge on any atom is -0.444 e. The Labute approximate surface area is 119 Å². The zero-order valence-electron chi connectivity index (χ0n) is 12.5. The van der Waals surface area contributed by atoms with Crippen LogP contribution < -0.4 is 5.32 Å². The molecule has 0 aliphatic carbocycles. The van der Waals surface area contributed by atoms with Gasteiger partial charge in [-0.25, -0.2) is 4.79 Å². The summed E-state index contributed by atoms with van der Waals surface area (Å²) < 4.78 is 5.43. The van der Waals surface area contributed by atoms with Crippen LogP contribution in [0.15, 0.2) is 12.4 Å². The summed E-state index contributed by atoms with van der Waals surface area (Å²) in [5.41, 5.74) is 0.568. The summed E-state index contributed by atoms with van der Waals surface area (Å²) in [4.78, 5) is 13.9. The standard InChI is InChI=1S/C14H24N4O2/c1-14(2,3)20-13(19)18-7-4-5-11(6-8-18)17-12-9-15-16-10-12/h9-11,17H,4-8H2,1-3H3,(H,15,16). The first-order valence-corrected chi connectivity index (χ1v) is 7.17. The molecule has 1 atom stereocenters. The van der Waals surface area contributed by atoms with Gasteiger partial charge in [0.05, 0.1) is 11.9 Å². The van der Waals surface area contributed by atoms with Crippen LogP contribution in [0.1, 0.15) is 40.0 Å². The number of ether oxygens (including phenoxy) is 1. The van der Waals surface area contributed by atoms with E-state index in [1.54, 1.807) is 6.20 Å². The molecule has 2 rings (SSSR count). The fourth-order valence-corrected chi connectivity index (χ4v) is 2.32. The number of nitrogens with zero attached hydrogens (tertiary/aromatic N) is 2. The maximum atomic E-state index is 12.1. The minimum absolute atomic E-state index is 0.207. The Kier molecular flexibility index (Phi) is 4.52. The molecule has 1 amide bonds. The average Bonchev–Trinajstić information content (AvgIpc) is 2.72. The van der Waals surface area contributed by atoms with Gasteiger partial charge in [0.1, 0.15) is 5.60 Å². The first-order chi connectivity index (χ1) is 9.44. The minimum atomic E-state index is -0.433. The Bertz CT molecular complexity index is 425. The lowest BCUT2D eigenvalue weighted by Crippen LogP contribution is -2.37. The van der Waals surface area contributed by atoms with E-state index in [0.29, 0.717) is 6.04 Å². The largest absolute Gasteiger partial charge is 0.444 e. The second-order valence-corrected chi connectivity index (χ2v) is 6.23. The van der Waals surface area contributed by atoms with Gasteiger partial charge in [0.15, 0.2) is 0 Å². The second-order valence-electron chi connectivity index (χ2n) is 6.23. The topological polar surface area (TPSA) is 70.2 Å². The van der Waals surface area contributed by atoms with E-state index in [0.717, 1.165) is 38.0 Å². The molecular weight excluding hydrogens is 256 g/mol. The van der Waals surface area contributed by atoms with Gasteiger partial charge in [-0.05, 0) is 40.0 Å². The highest BCUT2D eigenvalue weighted by Crippen LogP contribution is 2.18. The number of nitrogens with one attached hydrogen (secondary N) is 2. The van der Waals surface area contributed by atoms with Crippen molar-refractivity contribution >= 4 is 11.8 Å². The Morgan fingerprint density at radius 1 is 1.45 bits per heavy atom. The van der Waals surface area contributed by atoms with E-state index in [1.807, 2.05) is 31.9 Å². The SMILES string of the molecule is CC(C)(C)OC(=O)N1CCCC(Nc2cn[nH]c2)CC1. The van der Waals surface area contributed by atoms with E-state index in [1.165, 1.54) is 0 Å². The summed E-state index contributed by atoms with van der Waals surface area (Å²) in [7, 11) is 0. The molecule has 0 bridgehead atoms. The molecule has 1 aromatic rings. The van der Waals surface area contributed by atoms with Crippen LogP contribution in [0, 0.1) is 0 Å². The molecule has 1 unspecified atom stereocenters. The van der Waals surface area contributed by atoms with Crippen molar-refractivity contribution < 1.29 is 9.53 Å². The zero-order chi connectivity index (χ0) is 14.6. The summed E-state index contributed by atoms with van der Waals surface area (Å²) >= 11 is 0. The van der Waals surface area contributed by atoms with Crippen LogP contribution in [-0.2, 0) is 4.74 Å². The number of aromatic nitrogens is 2. The van der Waals surface area contributed by atoms with Crippen molar-refractivity contribution in [1.82, 2.24) is 15.1 Å². The van der Waals surface area contributed by atoms with Crippen molar-refractivity contribution in [3.05, 3.63) is 12.4 Å². The number of hydrogen-bond acceptors (Lipinski definition) is 4. The fourth-order valence-electron chi connectivity index (χ4n) is 2.32. The van der Waals surface area contributed by atoms with Gasteiger partial charge in [-0.3, -0.25) is 5.10 Å². The number of likely N-dealkylation sites (tertiary alicyclic amines) is 1. The molecule has 6 heteroatoms. The van der Waals surface area contributed by atoms with E-state index in [-0.39, 0.29) is 6.09 Å². The second kappa shape index (κ2) is 6.15. The molecule has 2 heterocycles. The van der Waals surface area contributed by atoms with Crippen molar-refractivity contribution in [1.29, 1.82) is 0 Å². The number of H-pyrrole nitrogens is 1. The highest BCUT2D eigenvalue weighted by molar-refractivity contribution is 5.68. The van der Waals surface area contributed by atoms with E-state index in [2.05, 4.69) is 15.5 Å². The van der Waals surface area contributed by atoms with Gasteiger partial charge in [-0.2, -0.15) is 5.10 Å². The van der Waals surface area contributed by atoms with Gasteiger partial charge in [0.25, 0.3) is 0 Å². The van der Waals surface area contributed by atoms with E-state index >= 15 is 0 Å². The molecule has 112 valence electrons. The molecule has 20 heavy (non-hydrogen) atoms. The highest BCUT2D eigenvalue weighted by Gasteiger charge is 2.25. The highest BCUT2D eigenvalue weighted by atomic mass is 16.6. The van der Waals surface area contributed by atoms with Gasteiger partial charge in [-0.15, -0.1) is 0 Å². The molecule has 2 N–H and O–H groups in total. The molecule has 1 aromatic heterocycles. The Morgan fingerprint density at radius 3 is 2.90 bits per heavy atom. The summed E-state index contributed by atoms with van der Waals surface area (Å²) in [5, 5.41) is 10.1. The number of rotatable bonds is 2. The van der Waals surface area contributed by atoms with Crippen LogP contribution in [0.4, 0.5) is 10.5 Å². The first-order valence-electron chi connectivity index (χ1n) is 7.17. The maximum Gasteiger partial charge on any atom is 0.410 e. The molecule has 0 aromatic carbocycles. The van der Waals surface area contributed by atoms with Crippen LogP contribution in [-0.4, -0.2) is 45.9 Å². The maximum absolute atomic E-state index is 12.1. The fraction of sp³-hybridized carbons (Fsp3) is 0.714. The Balaban J connectivity index is 1.84. The smallest absolute Gasteiger partial charge is 0.410 e. The molecule has 1 aliphatic rings. The molecule has 0 radical (unpaired) electrons. The molecule has 6 nitrogen and oxygen atoms in total. The Hall–Kier alpha value is -1.72. The third-order valence-corrected chi connectivity index (χ3v) is 3.25. The van der Waals surface area contributed by atoms with Crippen molar-refractivity contribution in [3.8, 4) is 0 Å². The lowest BCUT2D eigenvalue weighted by molar-refractivity contribution is 0.0256. The Morgan fingerprint density at radius 2 is 2.25 bits per heavy atom. The summed E-state index contributed by atoms with van der Waals surface area (Å²) in [6.45, 7) is 7.17. The monoisotopic (exact) mass is 280 g/mol. The molecule has 1 aliphatic heterocycles. The zero-order valence-corrected chi connectivity index (χ0v) is 12.5.